The lowest BCUT2D eigenvalue weighted by atomic mass is 10.2. The molecule has 0 atom stereocenters. The van der Waals surface area contributed by atoms with Gasteiger partial charge in [-0.3, -0.25) is 0 Å². The maximum Gasteiger partial charge on any atom is 0.252 e. The summed E-state index contributed by atoms with van der Waals surface area (Å²) in [5.74, 6) is 0.123. The number of halogens is 1. The molecule has 0 aliphatic carbocycles. The van der Waals surface area contributed by atoms with Crippen LogP contribution in [-0.2, 0) is 6.54 Å². The van der Waals surface area contributed by atoms with Crippen molar-refractivity contribution in [3.8, 4) is 11.8 Å². The number of hydrogen-bond donors (Lipinski definition) is 1. The highest BCUT2D eigenvalue weighted by Gasteiger charge is 2.06. The van der Waals surface area contributed by atoms with Crippen molar-refractivity contribution < 1.29 is 0 Å². The van der Waals surface area contributed by atoms with E-state index in [-0.39, 0.29) is 5.82 Å². The third-order valence-corrected chi connectivity index (χ3v) is 2.34. The van der Waals surface area contributed by atoms with Gasteiger partial charge in [0, 0.05) is 11.6 Å². The number of benzene rings is 1. The molecule has 0 saturated heterocycles. The van der Waals surface area contributed by atoms with E-state index in [0.717, 1.165) is 11.3 Å². The molecule has 1 aromatic carbocycles. The summed E-state index contributed by atoms with van der Waals surface area (Å²) in [6.45, 7) is 0.345. The molecular formula is C10H8ClN5. The Bertz CT molecular complexity index is 555. The Morgan fingerprint density at radius 1 is 1.50 bits per heavy atom. The molecule has 0 radical (unpaired) electrons. The van der Waals surface area contributed by atoms with Crippen molar-refractivity contribution in [2.24, 2.45) is 5.73 Å². The van der Waals surface area contributed by atoms with Crippen LogP contribution in [0.1, 0.15) is 11.4 Å². The molecule has 0 spiro atoms. The van der Waals surface area contributed by atoms with Crippen LogP contribution in [0.5, 0.6) is 0 Å². The van der Waals surface area contributed by atoms with Crippen LogP contribution >= 0.6 is 11.6 Å². The zero-order valence-electron chi connectivity index (χ0n) is 8.26. The summed E-state index contributed by atoms with van der Waals surface area (Å²) in [7, 11) is 0. The van der Waals surface area contributed by atoms with Crippen LogP contribution in [0.15, 0.2) is 24.5 Å². The Hall–Kier alpha value is -1.90. The maximum absolute atomic E-state index is 8.63. The fourth-order valence-electron chi connectivity index (χ4n) is 1.37. The molecule has 0 amide bonds. The van der Waals surface area contributed by atoms with Gasteiger partial charge in [-0.1, -0.05) is 11.6 Å². The number of nitrogens with two attached hydrogens (primary N) is 1. The molecule has 0 fully saturated rings. The first-order valence-electron chi connectivity index (χ1n) is 4.55. The summed E-state index contributed by atoms with van der Waals surface area (Å²) >= 11 is 5.86. The fourth-order valence-corrected chi connectivity index (χ4v) is 1.57. The van der Waals surface area contributed by atoms with Crippen LogP contribution < -0.4 is 5.73 Å². The average molecular weight is 234 g/mol. The molecule has 1 heterocycles. The van der Waals surface area contributed by atoms with E-state index in [1.54, 1.807) is 18.2 Å². The van der Waals surface area contributed by atoms with Crippen LogP contribution in [0, 0.1) is 11.3 Å². The topological polar surface area (TPSA) is 80.5 Å². The minimum absolute atomic E-state index is 0.123. The first-order valence-corrected chi connectivity index (χ1v) is 4.93. The Morgan fingerprint density at radius 2 is 2.31 bits per heavy atom. The first-order chi connectivity index (χ1) is 7.74. The van der Waals surface area contributed by atoms with Gasteiger partial charge < -0.3 is 5.73 Å². The molecule has 16 heavy (non-hydrogen) atoms. The molecule has 0 aliphatic rings. The smallest absolute Gasteiger partial charge is 0.252 e. The van der Waals surface area contributed by atoms with Crippen molar-refractivity contribution in [3.05, 3.63) is 40.9 Å². The Morgan fingerprint density at radius 3 is 2.94 bits per heavy atom. The molecule has 6 heteroatoms. The zero-order valence-corrected chi connectivity index (χ0v) is 9.02. The highest BCUT2D eigenvalue weighted by atomic mass is 35.5. The first kappa shape index (κ1) is 10.6. The van der Waals surface area contributed by atoms with Crippen molar-refractivity contribution in [3.63, 3.8) is 0 Å². The lowest BCUT2D eigenvalue weighted by Crippen LogP contribution is -2.05. The predicted octanol–water partition coefficient (Wildman–Crippen LogP) is 1.25. The van der Waals surface area contributed by atoms with E-state index in [4.69, 9.17) is 22.6 Å². The molecule has 5 nitrogen and oxygen atoms in total. The van der Waals surface area contributed by atoms with E-state index in [1.807, 2.05) is 6.07 Å². The van der Waals surface area contributed by atoms with Crippen molar-refractivity contribution in [2.45, 2.75) is 6.54 Å². The van der Waals surface area contributed by atoms with E-state index < -0.39 is 0 Å². The predicted molar refractivity (Wildman–Crippen MR) is 59.0 cm³/mol. The third-order valence-electron chi connectivity index (χ3n) is 2.10. The quantitative estimate of drug-likeness (QED) is 0.847. The molecule has 80 valence electrons. The zero-order chi connectivity index (χ0) is 11.5. The Labute approximate surface area is 97.1 Å². The van der Waals surface area contributed by atoms with Crippen molar-refractivity contribution in [2.75, 3.05) is 0 Å². The summed E-state index contributed by atoms with van der Waals surface area (Å²) in [5.41, 5.74) is 7.24. The summed E-state index contributed by atoms with van der Waals surface area (Å²) < 4.78 is 1.51. The maximum atomic E-state index is 8.63. The number of rotatable bonds is 2. The van der Waals surface area contributed by atoms with E-state index in [1.165, 1.54) is 11.0 Å². The van der Waals surface area contributed by atoms with Gasteiger partial charge in [0.05, 0.1) is 5.69 Å². The van der Waals surface area contributed by atoms with Crippen LogP contribution in [0.3, 0.4) is 0 Å². The van der Waals surface area contributed by atoms with E-state index in [0.29, 0.717) is 11.6 Å². The molecule has 0 aliphatic heterocycles. The number of hydrogen-bond acceptors (Lipinski definition) is 4. The largest absolute Gasteiger partial charge is 0.326 e. The molecule has 2 aromatic rings. The molecule has 0 bridgehead atoms. The number of nitriles is 1. The minimum Gasteiger partial charge on any atom is -0.326 e. The molecule has 1 aromatic heterocycles. The van der Waals surface area contributed by atoms with Gasteiger partial charge in [-0.25, -0.2) is 9.67 Å². The second kappa shape index (κ2) is 4.31. The second-order valence-electron chi connectivity index (χ2n) is 3.10. The van der Waals surface area contributed by atoms with E-state index >= 15 is 0 Å². The highest BCUT2D eigenvalue weighted by molar-refractivity contribution is 6.30. The van der Waals surface area contributed by atoms with E-state index in [9.17, 15) is 0 Å². The van der Waals surface area contributed by atoms with Gasteiger partial charge in [0.25, 0.3) is 5.82 Å². The lowest BCUT2D eigenvalue weighted by molar-refractivity contribution is 0.852. The lowest BCUT2D eigenvalue weighted by Gasteiger charge is -2.06. The fraction of sp³-hybridized carbons (Fsp3) is 0.100. The minimum atomic E-state index is 0.123. The van der Waals surface area contributed by atoms with Gasteiger partial charge in [0.2, 0.25) is 0 Å². The van der Waals surface area contributed by atoms with Crippen LogP contribution in [-0.4, -0.2) is 14.8 Å². The number of nitrogens with zero attached hydrogens (tertiary/aromatic N) is 4. The van der Waals surface area contributed by atoms with Crippen LogP contribution in [0.2, 0.25) is 5.02 Å². The van der Waals surface area contributed by atoms with E-state index in [2.05, 4.69) is 10.1 Å². The van der Waals surface area contributed by atoms with Crippen LogP contribution in [0.25, 0.3) is 5.69 Å². The molecule has 0 unspecified atom stereocenters. The summed E-state index contributed by atoms with van der Waals surface area (Å²) in [6.07, 6.45) is 1.47. The van der Waals surface area contributed by atoms with Gasteiger partial charge in [-0.05, 0) is 23.8 Å². The molecular weight excluding hydrogens is 226 g/mol. The summed E-state index contributed by atoms with van der Waals surface area (Å²) in [4.78, 5) is 3.83. The van der Waals surface area contributed by atoms with Crippen molar-refractivity contribution in [1.29, 1.82) is 5.26 Å². The summed E-state index contributed by atoms with van der Waals surface area (Å²) in [6, 6.07) is 7.17. The van der Waals surface area contributed by atoms with Gasteiger partial charge in [0.15, 0.2) is 0 Å². The van der Waals surface area contributed by atoms with Gasteiger partial charge in [-0.15, -0.1) is 5.10 Å². The highest BCUT2D eigenvalue weighted by Crippen LogP contribution is 2.18. The average Bonchev–Trinajstić information content (AvgIpc) is 2.77. The van der Waals surface area contributed by atoms with Gasteiger partial charge in [-0.2, -0.15) is 5.26 Å². The third kappa shape index (κ3) is 1.89. The second-order valence-corrected chi connectivity index (χ2v) is 3.54. The Balaban J connectivity index is 2.51. The molecule has 2 N–H and O–H groups in total. The normalized spacial score (nSPS) is 10.1. The molecule has 0 saturated carbocycles. The summed E-state index contributed by atoms with van der Waals surface area (Å²) in [5, 5.41) is 13.2. The van der Waals surface area contributed by atoms with Gasteiger partial charge >= 0.3 is 0 Å². The monoisotopic (exact) mass is 233 g/mol. The SMILES string of the molecule is N#Cc1ncn(-c2ccc(Cl)cc2CN)n1. The van der Waals surface area contributed by atoms with Gasteiger partial charge in [0.1, 0.15) is 12.4 Å². The standard InChI is InChI=1S/C10H8ClN5/c11-8-1-2-9(7(3-8)4-12)16-6-14-10(5-13)15-16/h1-3,6H,4,12H2. The Kier molecular flexibility index (Phi) is 2.86. The molecule has 2 rings (SSSR count). The van der Waals surface area contributed by atoms with Crippen molar-refractivity contribution in [1.82, 2.24) is 14.8 Å². The number of aromatic nitrogens is 3. The van der Waals surface area contributed by atoms with Crippen LogP contribution in [0.4, 0.5) is 0 Å². The van der Waals surface area contributed by atoms with Crippen molar-refractivity contribution >= 4 is 11.6 Å².